The number of benzene rings is 1. The number of nitrogens with one attached hydrogen (secondary N) is 1. The average Bonchev–Trinajstić information content (AvgIpc) is 2.32. The van der Waals surface area contributed by atoms with Crippen LogP contribution in [0.3, 0.4) is 0 Å². The van der Waals surface area contributed by atoms with Crippen LogP contribution in [0, 0.1) is 6.92 Å². The van der Waals surface area contributed by atoms with Gasteiger partial charge in [-0.25, -0.2) is 0 Å². The lowest BCUT2D eigenvalue weighted by atomic mass is 10.1. The van der Waals surface area contributed by atoms with Gasteiger partial charge in [0, 0.05) is 25.3 Å². The van der Waals surface area contributed by atoms with Crippen LogP contribution in [-0.4, -0.2) is 30.8 Å². The van der Waals surface area contributed by atoms with Crippen molar-refractivity contribution in [2.75, 3.05) is 19.8 Å². The third kappa shape index (κ3) is 4.44. The van der Waals surface area contributed by atoms with E-state index in [2.05, 4.69) is 5.32 Å². The number of aromatic hydroxyl groups is 1. The zero-order valence-corrected chi connectivity index (χ0v) is 10.3. The van der Waals surface area contributed by atoms with Gasteiger partial charge in [0.1, 0.15) is 5.75 Å². The zero-order valence-electron chi connectivity index (χ0n) is 10.3. The third-order valence-electron chi connectivity index (χ3n) is 2.43. The van der Waals surface area contributed by atoms with Crippen LogP contribution in [0.5, 0.6) is 5.75 Å². The predicted octanol–water partition coefficient (Wildman–Crippen LogP) is 1.86. The van der Waals surface area contributed by atoms with Crippen LogP contribution in [0.15, 0.2) is 18.2 Å². The zero-order chi connectivity index (χ0) is 12.7. The summed E-state index contributed by atoms with van der Waals surface area (Å²) in [6.07, 6.45) is 0.789. The number of carbonyl (C=O) groups excluding carboxylic acids is 1. The molecular weight excluding hydrogens is 218 g/mol. The molecule has 1 rings (SSSR count). The van der Waals surface area contributed by atoms with Gasteiger partial charge in [-0.05, 0) is 38.0 Å². The summed E-state index contributed by atoms with van der Waals surface area (Å²) in [6.45, 7) is 5.65. The minimum absolute atomic E-state index is 0.145. The van der Waals surface area contributed by atoms with Gasteiger partial charge in [-0.1, -0.05) is 6.07 Å². The summed E-state index contributed by atoms with van der Waals surface area (Å²) in [5, 5.41) is 12.3. The van der Waals surface area contributed by atoms with Crippen LogP contribution >= 0.6 is 0 Å². The van der Waals surface area contributed by atoms with Gasteiger partial charge in [0.15, 0.2) is 0 Å². The molecule has 0 fully saturated rings. The van der Waals surface area contributed by atoms with E-state index in [0.29, 0.717) is 25.3 Å². The first-order chi connectivity index (χ1) is 8.15. The summed E-state index contributed by atoms with van der Waals surface area (Å²) >= 11 is 0. The van der Waals surface area contributed by atoms with Crippen molar-refractivity contribution in [3.8, 4) is 5.75 Å². The van der Waals surface area contributed by atoms with Crippen molar-refractivity contribution >= 4 is 5.91 Å². The molecule has 1 aromatic rings. The minimum atomic E-state index is -0.170. The molecule has 0 aliphatic rings. The monoisotopic (exact) mass is 237 g/mol. The highest BCUT2D eigenvalue weighted by Gasteiger charge is 2.06. The maximum atomic E-state index is 11.7. The molecule has 0 unspecified atom stereocenters. The Bertz CT molecular complexity index is 377. The molecule has 1 aromatic carbocycles. The SMILES string of the molecule is CCOCCCNC(=O)c1ccc(C)c(O)c1. The maximum Gasteiger partial charge on any atom is 0.251 e. The number of ether oxygens (including phenoxy) is 1. The Morgan fingerprint density at radius 1 is 1.47 bits per heavy atom. The van der Waals surface area contributed by atoms with Gasteiger partial charge in [0.05, 0.1) is 0 Å². The second-order valence-electron chi connectivity index (χ2n) is 3.81. The van der Waals surface area contributed by atoms with E-state index in [-0.39, 0.29) is 11.7 Å². The smallest absolute Gasteiger partial charge is 0.251 e. The Morgan fingerprint density at radius 3 is 2.88 bits per heavy atom. The first-order valence-electron chi connectivity index (χ1n) is 5.80. The fourth-order valence-corrected chi connectivity index (χ4v) is 1.37. The Hall–Kier alpha value is -1.55. The van der Waals surface area contributed by atoms with E-state index < -0.39 is 0 Å². The van der Waals surface area contributed by atoms with E-state index in [1.165, 1.54) is 6.07 Å². The van der Waals surface area contributed by atoms with E-state index in [4.69, 9.17) is 4.74 Å². The van der Waals surface area contributed by atoms with Gasteiger partial charge in [-0.15, -0.1) is 0 Å². The summed E-state index contributed by atoms with van der Waals surface area (Å²) < 4.78 is 5.16. The first-order valence-corrected chi connectivity index (χ1v) is 5.80. The van der Waals surface area contributed by atoms with Gasteiger partial charge < -0.3 is 15.2 Å². The van der Waals surface area contributed by atoms with E-state index in [0.717, 1.165) is 12.0 Å². The van der Waals surface area contributed by atoms with Crippen molar-refractivity contribution in [2.24, 2.45) is 0 Å². The summed E-state index contributed by atoms with van der Waals surface area (Å²) in [7, 11) is 0. The van der Waals surface area contributed by atoms with Crippen molar-refractivity contribution < 1.29 is 14.6 Å². The molecule has 0 aliphatic heterocycles. The summed E-state index contributed by atoms with van der Waals surface area (Å²) in [5.74, 6) is -0.0243. The van der Waals surface area contributed by atoms with Crippen molar-refractivity contribution in [1.29, 1.82) is 0 Å². The van der Waals surface area contributed by atoms with Crippen LogP contribution in [-0.2, 0) is 4.74 Å². The van der Waals surface area contributed by atoms with Gasteiger partial charge in [-0.2, -0.15) is 0 Å². The van der Waals surface area contributed by atoms with Gasteiger partial charge in [0.2, 0.25) is 0 Å². The summed E-state index contributed by atoms with van der Waals surface area (Å²) in [5.41, 5.74) is 1.24. The number of rotatable bonds is 6. The molecular formula is C13H19NO3. The number of carbonyl (C=O) groups is 1. The highest BCUT2D eigenvalue weighted by atomic mass is 16.5. The molecule has 4 nitrogen and oxygen atoms in total. The van der Waals surface area contributed by atoms with E-state index >= 15 is 0 Å². The highest BCUT2D eigenvalue weighted by molar-refractivity contribution is 5.94. The largest absolute Gasteiger partial charge is 0.508 e. The lowest BCUT2D eigenvalue weighted by molar-refractivity contribution is 0.0944. The van der Waals surface area contributed by atoms with Crippen LogP contribution < -0.4 is 5.32 Å². The lowest BCUT2D eigenvalue weighted by Crippen LogP contribution is -2.25. The molecule has 1 amide bonds. The summed E-state index contributed by atoms with van der Waals surface area (Å²) in [6, 6.07) is 4.91. The molecule has 17 heavy (non-hydrogen) atoms. The second kappa shape index (κ2) is 6.91. The molecule has 0 bridgehead atoms. The molecule has 0 spiro atoms. The Balaban J connectivity index is 2.39. The molecule has 0 saturated heterocycles. The molecule has 2 N–H and O–H groups in total. The molecule has 0 radical (unpaired) electrons. The predicted molar refractivity (Wildman–Crippen MR) is 66.3 cm³/mol. The van der Waals surface area contributed by atoms with Crippen LogP contribution in [0.4, 0.5) is 0 Å². The molecule has 94 valence electrons. The fourth-order valence-electron chi connectivity index (χ4n) is 1.37. The van der Waals surface area contributed by atoms with Crippen molar-refractivity contribution in [1.82, 2.24) is 5.32 Å². The van der Waals surface area contributed by atoms with Crippen molar-refractivity contribution in [2.45, 2.75) is 20.3 Å². The molecule has 0 saturated carbocycles. The average molecular weight is 237 g/mol. The van der Waals surface area contributed by atoms with Crippen LogP contribution in [0.1, 0.15) is 29.3 Å². The van der Waals surface area contributed by atoms with E-state index in [1.807, 2.05) is 6.92 Å². The number of phenols is 1. The quantitative estimate of drug-likeness (QED) is 0.742. The number of hydrogen-bond donors (Lipinski definition) is 2. The lowest BCUT2D eigenvalue weighted by Gasteiger charge is -2.06. The van der Waals surface area contributed by atoms with Crippen molar-refractivity contribution in [3.05, 3.63) is 29.3 Å². The molecule has 0 aromatic heterocycles. The van der Waals surface area contributed by atoms with E-state index in [9.17, 15) is 9.90 Å². The molecule has 0 atom stereocenters. The summed E-state index contributed by atoms with van der Waals surface area (Å²) in [4.78, 5) is 11.7. The normalized spacial score (nSPS) is 10.2. The highest BCUT2D eigenvalue weighted by Crippen LogP contribution is 2.17. The van der Waals surface area contributed by atoms with Crippen LogP contribution in [0.25, 0.3) is 0 Å². The maximum absolute atomic E-state index is 11.7. The fraction of sp³-hybridized carbons (Fsp3) is 0.462. The Morgan fingerprint density at radius 2 is 2.24 bits per heavy atom. The van der Waals surface area contributed by atoms with E-state index in [1.54, 1.807) is 19.1 Å². The Labute approximate surface area is 102 Å². The topological polar surface area (TPSA) is 58.6 Å². The standard InChI is InChI=1S/C13H19NO3/c1-3-17-8-4-7-14-13(16)11-6-5-10(2)12(15)9-11/h5-6,9,15H,3-4,7-8H2,1-2H3,(H,14,16). The molecule has 0 heterocycles. The number of amides is 1. The Kier molecular flexibility index (Phi) is 5.49. The molecule has 0 aliphatic carbocycles. The van der Waals surface area contributed by atoms with Crippen molar-refractivity contribution in [3.63, 3.8) is 0 Å². The molecule has 4 heteroatoms. The third-order valence-corrected chi connectivity index (χ3v) is 2.43. The first kappa shape index (κ1) is 13.5. The van der Waals surface area contributed by atoms with Gasteiger partial charge >= 0.3 is 0 Å². The van der Waals surface area contributed by atoms with Gasteiger partial charge in [-0.3, -0.25) is 4.79 Å². The number of hydrogen-bond acceptors (Lipinski definition) is 3. The second-order valence-corrected chi connectivity index (χ2v) is 3.81. The van der Waals surface area contributed by atoms with Gasteiger partial charge in [0.25, 0.3) is 5.91 Å². The number of aryl methyl sites for hydroxylation is 1. The minimum Gasteiger partial charge on any atom is -0.508 e. The number of phenolic OH excluding ortho intramolecular Hbond substituents is 1. The van der Waals surface area contributed by atoms with Crippen LogP contribution in [0.2, 0.25) is 0 Å².